The molecule has 3 aromatic rings. The molecule has 2 fully saturated rings. The number of rotatable bonds is 6. The number of halogens is 2. The molecule has 0 radical (unpaired) electrons. The zero-order chi connectivity index (χ0) is 26.2. The van der Waals surface area contributed by atoms with Crippen molar-refractivity contribution in [3.05, 3.63) is 71.3 Å². The number of fused-ring (bicyclic) bond motifs is 1. The highest BCUT2D eigenvalue weighted by Crippen LogP contribution is 2.48. The van der Waals surface area contributed by atoms with Gasteiger partial charge in [-0.05, 0) is 67.0 Å². The Hall–Kier alpha value is -3.24. The second-order valence-electron chi connectivity index (χ2n) is 9.41. The summed E-state index contributed by atoms with van der Waals surface area (Å²) in [6.07, 6.45) is 4.53. The Kier molecular flexibility index (Phi) is 7.04. The first kappa shape index (κ1) is 25.4. The molecule has 1 saturated heterocycles. The average Bonchev–Trinajstić information content (AvgIpc) is 2.88. The van der Waals surface area contributed by atoms with Gasteiger partial charge in [-0.15, -0.1) is 0 Å². The Labute approximate surface area is 219 Å². The van der Waals surface area contributed by atoms with Crippen molar-refractivity contribution in [2.75, 3.05) is 11.8 Å². The lowest BCUT2D eigenvalue weighted by Gasteiger charge is -2.44. The molecule has 4 atom stereocenters. The molecule has 1 aliphatic heterocycles. The van der Waals surface area contributed by atoms with Crippen molar-refractivity contribution in [3.63, 3.8) is 0 Å². The van der Waals surface area contributed by atoms with Gasteiger partial charge in [-0.25, -0.2) is 22.8 Å². The van der Waals surface area contributed by atoms with Gasteiger partial charge in [0.1, 0.15) is 11.6 Å². The predicted molar refractivity (Wildman–Crippen MR) is 138 cm³/mol. The van der Waals surface area contributed by atoms with Crippen LogP contribution in [0, 0.1) is 17.7 Å². The van der Waals surface area contributed by atoms with Crippen LogP contribution >= 0.6 is 11.6 Å². The Morgan fingerprint density at radius 3 is 2.65 bits per heavy atom. The lowest BCUT2D eigenvalue weighted by molar-refractivity contribution is -0.127. The van der Waals surface area contributed by atoms with Crippen molar-refractivity contribution in [1.29, 1.82) is 0 Å². The quantitative estimate of drug-likeness (QED) is 0.464. The second kappa shape index (κ2) is 10.3. The first-order chi connectivity index (χ1) is 17.7. The van der Waals surface area contributed by atoms with Crippen LogP contribution in [0.3, 0.4) is 0 Å². The number of nitrogens with zero attached hydrogens (tertiary/aromatic N) is 2. The van der Waals surface area contributed by atoms with Gasteiger partial charge in [0.25, 0.3) is 0 Å². The monoisotopic (exact) mass is 544 g/mol. The molecule has 8 nitrogen and oxygen atoms in total. The standard InChI is InChI=1S/C26H26ClFN4O4S/c1-36-23-14-20(15-4-2-5-17(28)10-15)22(27)13-21(23)25-19-7-6-18(11-16(19)12-24(33)31-25)37(34,35)32-26-29-8-3-9-30-26/h2-5,8-10,13-14,16,18-19,25H,6-7,11-12H2,1H3,(H,31,33)(H,29,30,32). The van der Waals surface area contributed by atoms with E-state index in [1.807, 2.05) is 0 Å². The molecule has 1 amide bonds. The molecule has 11 heteroatoms. The van der Waals surface area contributed by atoms with Crippen molar-refractivity contribution >= 4 is 33.5 Å². The zero-order valence-electron chi connectivity index (χ0n) is 20.0. The number of carbonyl (C=O) groups is 1. The van der Waals surface area contributed by atoms with Gasteiger partial charge >= 0.3 is 0 Å². The number of hydrogen-bond donors (Lipinski definition) is 2. The summed E-state index contributed by atoms with van der Waals surface area (Å²) in [6.45, 7) is 0. The normalized spacial score (nSPS) is 23.6. The molecule has 4 unspecified atom stereocenters. The molecule has 2 heterocycles. The summed E-state index contributed by atoms with van der Waals surface area (Å²) in [5.74, 6) is -0.122. The molecular formula is C26H26ClFN4O4S. The number of methoxy groups -OCH3 is 1. The molecule has 37 heavy (non-hydrogen) atoms. The molecule has 0 bridgehead atoms. The average molecular weight is 545 g/mol. The van der Waals surface area contributed by atoms with E-state index >= 15 is 0 Å². The van der Waals surface area contributed by atoms with Crippen molar-refractivity contribution in [1.82, 2.24) is 15.3 Å². The number of aromatic nitrogens is 2. The van der Waals surface area contributed by atoms with Crippen LogP contribution in [0.1, 0.15) is 37.3 Å². The number of ether oxygens (including phenoxy) is 1. The van der Waals surface area contributed by atoms with E-state index < -0.39 is 21.3 Å². The van der Waals surface area contributed by atoms with Gasteiger partial charge in [-0.2, -0.15) is 0 Å². The van der Waals surface area contributed by atoms with Crippen molar-refractivity contribution in [2.24, 2.45) is 11.8 Å². The fraction of sp³-hybridized carbons (Fsp3) is 0.346. The molecule has 2 aliphatic rings. The van der Waals surface area contributed by atoms with E-state index in [0.29, 0.717) is 46.7 Å². The van der Waals surface area contributed by atoms with Gasteiger partial charge in [0, 0.05) is 35.0 Å². The number of hydrogen-bond acceptors (Lipinski definition) is 6. The van der Waals surface area contributed by atoms with E-state index in [9.17, 15) is 17.6 Å². The van der Waals surface area contributed by atoms with E-state index in [1.54, 1.807) is 30.3 Å². The van der Waals surface area contributed by atoms with Crippen LogP contribution in [0.25, 0.3) is 11.1 Å². The third-order valence-corrected chi connectivity index (χ3v) is 9.30. The van der Waals surface area contributed by atoms with Crippen molar-refractivity contribution < 1.29 is 22.3 Å². The Bertz CT molecular complexity index is 1420. The fourth-order valence-corrected chi connectivity index (χ4v) is 7.27. The first-order valence-electron chi connectivity index (χ1n) is 12.0. The molecule has 1 aliphatic carbocycles. The Morgan fingerprint density at radius 1 is 1.14 bits per heavy atom. The number of anilines is 1. The third-order valence-electron chi connectivity index (χ3n) is 7.21. The summed E-state index contributed by atoms with van der Waals surface area (Å²) in [5, 5.41) is 2.81. The summed E-state index contributed by atoms with van der Waals surface area (Å²) in [4.78, 5) is 20.7. The predicted octanol–water partition coefficient (Wildman–Crippen LogP) is 4.73. The van der Waals surface area contributed by atoms with Crippen LogP contribution in [-0.2, 0) is 14.8 Å². The lowest BCUT2D eigenvalue weighted by atomic mass is 9.69. The minimum atomic E-state index is -3.73. The van der Waals surface area contributed by atoms with Crippen LogP contribution in [-0.4, -0.2) is 36.7 Å². The molecule has 2 N–H and O–H groups in total. The molecular weight excluding hydrogens is 519 g/mol. The van der Waals surface area contributed by atoms with Crippen molar-refractivity contribution in [2.45, 2.75) is 37.0 Å². The minimum absolute atomic E-state index is 0.00196. The summed E-state index contributed by atoms with van der Waals surface area (Å²) in [5.41, 5.74) is 1.94. The number of carbonyl (C=O) groups excluding carboxylic acids is 1. The van der Waals surface area contributed by atoms with Gasteiger partial charge in [0.2, 0.25) is 21.9 Å². The van der Waals surface area contributed by atoms with Gasteiger partial charge in [0.05, 0.1) is 18.4 Å². The SMILES string of the molecule is COc1cc(-c2cccc(F)c2)c(Cl)cc1C1NC(=O)CC2CC(S(=O)(=O)Nc3ncccn3)CCC21. The molecule has 194 valence electrons. The maximum atomic E-state index is 13.8. The van der Waals surface area contributed by atoms with Gasteiger partial charge < -0.3 is 10.1 Å². The molecule has 1 saturated carbocycles. The number of benzene rings is 2. The number of amides is 1. The highest BCUT2D eigenvalue weighted by Gasteiger charge is 2.45. The van der Waals surface area contributed by atoms with Crippen LogP contribution in [0.5, 0.6) is 5.75 Å². The van der Waals surface area contributed by atoms with Gasteiger partial charge in [-0.1, -0.05) is 23.7 Å². The molecule has 5 rings (SSSR count). The van der Waals surface area contributed by atoms with E-state index in [-0.39, 0.29) is 35.9 Å². The van der Waals surface area contributed by atoms with Crippen LogP contribution in [0.2, 0.25) is 5.02 Å². The third kappa shape index (κ3) is 5.26. The molecule has 0 spiro atoms. The summed E-state index contributed by atoms with van der Waals surface area (Å²) in [6, 6.07) is 10.8. The van der Waals surface area contributed by atoms with E-state index in [2.05, 4.69) is 20.0 Å². The fourth-order valence-electron chi connectivity index (χ4n) is 5.51. The Morgan fingerprint density at radius 2 is 1.92 bits per heavy atom. The summed E-state index contributed by atoms with van der Waals surface area (Å²) < 4.78 is 48.1. The van der Waals surface area contributed by atoms with Crippen molar-refractivity contribution in [3.8, 4) is 16.9 Å². The van der Waals surface area contributed by atoms with Crippen LogP contribution in [0.15, 0.2) is 54.9 Å². The maximum absolute atomic E-state index is 13.8. The summed E-state index contributed by atoms with van der Waals surface area (Å²) >= 11 is 6.65. The Balaban J connectivity index is 1.42. The van der Waals surface area contributed by atoms with E-state index in [4.69, 9.17) is 16.3 Å². The number of sulfonamides is 1. The van der Waals surface area contributed by atoms with Gasteiger partial charge in [-0.3, -0.25) is 9.52 Å². The number of nitrogens with one attached hydrogen (secondary N) is 2. The highest BCUT2D eigenvalue weighted by molar-refractivity contribution is 7.93. The van der Waals surface area contributed by atoms with Gasteiger partial charge in [0.15, 0.2) is 0 Å². The first-order valence-corrected chi connectivity index (χ1v) is 13.9. The second-order valence-corrected chi connectivity index (χ2v) is 11.8. The minimum Gasteiger partial charge on any atom is -0.496 e. The summed E-state index contributed by atoms with van der Waals surface area (Å²) in [7, 11) is -2.20. The highest BCUT2D eigenvalue weighted by atomic mass is 35.5. The van der Waals surface area contributed by atoms with E-state index in [0.717, 1.165) is 0 Å². The lowest BCUT2D eigenvalue weighted by Crippen LogP contribution is -2.48. The van der Waals surface area contributed by atoms with Crippen LogP contribution in [0.4, 0.5) is 10.3 Å². The smallest absolute Gasteiger partial charge is 0.237 e. The zero-order valence-corrected chi connectivity index (χ0v) is 21.6. The largest absolute Gasteiger partial charge is 0.496 e. The number of piperidine rings is 1. The van der Waals surface area contributed by atoms with E-state index in [1.165, 1.54) is 31.6 Å². The molecule has 1 aromatic heterocycles. The maximum Gasteiger partial charge on any atom is 0.237 e. The molecule has 2 aromatic carbocycles. The topological polar surface area (TPSA) is 110 Å². The van der Waals surface area contributed by atoms with Crippen LogP contribution < -0.4 is 14.8 Å².